The maximum absolute atomic E-state index is 11.7. The zero-order chi connectivity index (χ0) is 15.6. The lowest BCUT2D eigenvalue weighted by atomic mass is 10.2. The fourth-order valence-electron chi connectivity index (χ4n) is 2.14. The van der Waals surface area contributed by atoms with Gasteiger partial charge in [-0.25, -0.2) is 0 Å². The summed E-state index contributed by atoms with van der Waals surface area (Å²) < 4.78 is 11.0. The van der Waals surface area contributed by atoms with Crippen molar-refractivity contribution in [2.24, 2.45) is 0 Å². The Balaban J connectivity index is 1.71. The summed E-state index contributed by atoms with van der Waals surface area (Å²) in [6.45, 7) is 4.03. The molecule has 0 unspecified atom stereocenters. The normalized spacial score (nSPS) is 10.6. The van der Waals surface area contributed by atoms with E-state index in [2.05, 4.69) is 5.32 Å². The predicted octanol–water partition coefficient (Wildman–Crippen LogP) is 3.42. The van der Waals surface area contributed by atoms with E-state index >= 15 is 0 Å². The van der Waals surface area contributed by atoms with Gasteiger partial charge in [0.05, 0.1) is 0 Å². The van der Waals surface area contributed by atoms with Gasteiger partial charge in [0.2, 0.25) is 5.91 Å². The van der Waals surface area contributed by atoms with E-state index in [0.29, 0.717) is 26.0 Å². The molecule has 0 atom stereocenters. The molecule has 0 radical (unpaired) electrons. The number of hydrogen-bond acceptors (Lipinski definition) is 3. The molecule has 0 aliphatic heterocycles. The number of rotatable bonds is 9. The van der Waals surface area contributed by atoms with E-state index in [1.165, 1.54) is 0 Å². The number of carbonyl (C=O) groups is 1. The molecule has 2 aromatic rings. The zero-order valence-corrected chi connectivity index (χ0v) is 13.0. The van der Waals surface area contributed by atoms with Gasteiger partial charge in [-0.1, -0.05) is 30.3 Å². The second-order valence-electron chi connectivity index (χ2n) is 5.03. The predicted molar refractivity (Wildman–Crippen MR) is 86.6 cm³/mol. The van der Waals surface area contributed by atoms with Gasteiger partial charge < -0.3 is 14.5 Å². The van der Waals surface area contributed by atoms with Crippen LogP contribution in [0.15, 0.2) is 46.9 Å². The van der Waals surface area contributed by atoms with Crippen molar-refractivity contribution >= 4 is 5.91 Å². The number of benzene rings is 1. The van der Waals surface area contributed by atoms with E-state index in [-0.39, 0.29) is 5.91 Å². The average Bonchev–Trinajstić information content (AvgIpc) is 3.02. The van der Waals surface area contributed by atoms with Crippen molar-refractivity contribution in [2.75, 3.05) is 19.8 Å². The number of aryl methyl sites for hydroxylation is 1. The molecule has 0 saturated heterocycles. The van der Waals surface area contributed by atoms with E-state index in [1.807, 2.05) is 49.4 Å². The van der Waals surface area contributed by atoms with Gasteiger partial charge in [-0.2, -0.15) is 0 Å². The zero-order valence-electron chi connectivity index (χ0n) is 13.0. The van der Waals surface area contributed by atoms with Crippen molar-refractivity contribution in [1.29, 1.82) is 0 Å². The van der Waals surface area contributed by atoms with Gasteiger partial charge in [0, 0.05) is 38.2 Å². The number of furan rings is 1. The SMILES string of the molecule is CCOCCCNC(=O)CCc1ccc(-c2ccccc2)o1. The second kappa shape index (κ2) is 9.05. The number of amides is 1. The lowest BCUT2D eigenvalue weighted by Gasteiger charge is -2.04. The minimum Gasteiger partial charge on any atom is -0.461 e. The van der Waals surface area contributed by atoms with Crippen molar-refractivity contribution in [3.8, 4) is 11.3 Å². The van der Waals surface area contributed by atoms with Crippen LogP contribution in [0.3, 0.4) is 0 Å². The van der Waals surface area contributed by atoms with Crippen molar-refractivity contribution in [1.82, 2.24) is 5.32 Å². The first-order valence-electron chi connectivity index (χ1n) is 7.78. The molecule has 0 aliphatic carbocycles. The van der Waals surface area contributed by atoms with E-state index in [1.54, 1.807) is 0 Å². The third kappa shape index (κ3) is 5.37. The minimum atomic E-state index is 0.0501. The summed E-state index contributed by atoms with van der Waals surface area (Å²) in [5.41, 5.74) is 1.05. The van der Waals surface area contributed by atoms with Crippen LogP contribution < -0.4 is 5.32 Å². The van der Waals surface area contributed by atoms with Gasteiger partial charge in [-0.05, 0) is 25.5 Å². The Kier molecular flexibility index (Phi) is 6.71. The monoisotopic (exact) mass is 301 g/mol. The molecular weight excluding hydrogens is 278 g/mol. The topological polar surface area (TPSA) is 51.5 Å². The molecule has 22 heavy (non-hydrogen) atoms. The Hall–Kier alpha value is -2.07. The smallest absolute Gasteiger partial charge is 0.220 e. The van der Waals surface area contributed by atoms with Crippen molar-refractivity contribution in [3.05, 3.63) is 48.2 Å². The van der Waals surface area contributed by atoms with Gasteiger partial charge in [0.15, 0.2) is 0 Å². The molecule has 1 aromatic carbocycles. The highest BCUT2D eigenvalue weighted by Gasteiger charge is 2.07. The van der Waals surface area contributed by atoms with E-state index < -0.39 is 0 Å². The Morgan fingerprint density at radius 1 is 1.18 bits per heavy atom. The van der Waals surface area contributed by atoms with Crippen molar-refractivity contribution in [3.63, 3.8) is 0 Å². The Morgan fingerprint density at radius 3 is 2.77 bits per heavy atom. The number of carbonyl (C=O) groups excluding carboxylic acids is 1. The maximum atomic E-state index is 11.7. The lowest BCUT2D eigenvalue weighted by Crippen LogP contribution is -2.25. The van der Waals surface area contributed by atoms with Crippen LogP contribution in [0.25, 0.3) is 11.3 Å². The summed E-state index contributed by atoms with van der Waals surface area (Å²) in [7, 11) is 0. The summed E-state index contributed by atoms with van der Waals surface area (Å²) in [5, 5.41) is 2.89. The number of nitrogens with one attached hydrogen (secondary N) is 1. The van der Waals surface area contributed by atoms with Crippen molar-refractivity contribution in [2.45, 2.75) is 26.2 Å². The van der Waals surface area contributed by atoms with Crippen LogP contribution in [0.4, 0.5) is 0 Å². The Bertz CT molecular complexity index is 563. The molecule has 1 heterocycles. The highest BCUT2D eigenvalue weighted by molar-refractivity contribution is 5.76. The molecule has 1 amide bonds. The first-order valence-corrected chi connectivity index (χ1v) is 7.78. The van der Waals surface area contributed by atoms with Gasteiger partial charge >= 0.3 is 0 Å². The summed E-state index contributed by atoms with van der Waals surface area (Å²) in [6.07, 6.45) is 1.90. The molecule has 1 aromatic heterocycles. The molecule has 1 N–H and O–H groups in total. The molecule has 0 saturated carbocycles. The van der Waals surface area contributed by atoms with Gasteiger partial charge in [0.25, 0.3) is 0 Å². The van der Waals surface area contributed by atoms with Crippen LogP contribution in [0.2, 0.25) is 0 Å². The van der Waals surface area contributed by atoms with Crippen LogP contribution >= 0.6 is 0 Å². The largest absolute Gasteiger partial charge is 0.461 e. The quantitative estimate of drug-likeness (QED) is 0.722. The first kappa shape index (κ1) is 16.3. The van der Waals surface area contributed by atoms with Crippen LogP contribution in [-0.2, 0) is 16.0 Å². The highest BCUT2D eigenvalue weighted by Crippen LogP contribution is 2.22. The molecule has 0 fully saturated rings. The summed E-state index contributed by atoms with van der Waals surface area (Å²) >= 11 is 0. The molecule has 4 nitrogen and oxygen atoms in total. The summed E-state index contributed by atoms with van der Waals surface area (Å²) in [6, 6.07) is 13.8. The van der Waals surface area contributed by atoms with E-state index in [9.17, 15) is 4.79 Å². The number of hydrogen-bond donors (Lipinski definition) is 1. The maximum Gasteiger partial charge on any atom is 0.220 e. The molecule has 0 aliphatic rings. The van der Waals surface area contributed by atoms with Gasteiger partial charge in [-0.15, -0.1) is 0 Å². The lowest BCUT2D eigenvalue weighted by molar-refractivity contribution is -0.121. The molecular formula is C18H23NO3. The van der Waals surface area contributed by atoms with E-state index in [0.717, 1.165) is 30.1 Å². The highest BCUT2D eigenvalue weighted by atomic mass is 16.5. The number of ether oxygens (including phenoxy) is 1. The van der Waals surface area contributed by atoms with Crippen molar-refractivity contribution < 1.29 is 13.9 Å². The molecule has 2 rings (SSSR count). The molecule has 0 spiro atoms. The average molecular weight is 301 g/mol. The van der Waals surface area contributed by atoms with Crippen LogP contribution in [0.1, 0.15) is 25.5 Å². The molecule has 4 heteroatoms. The fourth-order valence-corrected chi connectivity index (χ4v) is 2.14. The van der Waals surface area contributed by atoms with Crippen LogP contribution in [0, 0.1) is 0 Å². The van der Waals surface area contributed by atoms with E-state index in [4.69, 9.17) is 9.15 Å². The van der Waals surface area contributed by atoms with Gasteiger partial charge in [0.1, 0.15) is 11.5 Å². The second-order valence-corrected chi connectivity index (χ2v) is 5.03. The standard InChI is InChI=1S/C18H23NO3/c1-2-21-14-6-13-19-18(20)12-10-16-9-11-17(22-16)15-7-4-3-5-8-15/h3-5,7-9,11H,2,6,10,12-14H2,1H3,(H,19,20). The third-order valence-corrected chi connectivity index (χ3v) is 3.31. The van der Waals surface area contributed by atoms with Crippen LogP contribution in [0.5, 0.6) is 0 Å². The first-order chi connectivity index (χ1) is 10.8. The third-order valence-electron chi connectivity index (χ3n) is 3.31. The van der Waals surface area contributed by atoms with Gasteiger partial charge in [-0.3, -0.25) is 4.79 Å². The minimum absolute atomic E-state index is 0.0501. The summed E-state index contributed by atoms with van der Waals surface area (Å²) in [5.74, 6) is 1.73. The summed E-state index contributed by atoms with van der Waals surface area (Å²) in [4.78, 5) is 11.7. The molecule has 0 bridgehead atoms. The Labute approximate surface area is 131 Å². The molecule has 118 valence electrons. The fraction of sp³-hybridized carbons (Fsp3) is 0.389. The Morgan fingerprint density at radius 2 is 2.00 bits per heavy atom. The van der Waals surface area contributed by atoms with Crippen LogP contribution in [-0.4, -0.2) is 25.7 Å².